The SMILES string of the molecule is C1=C=c2c(oc3ccc(-c4cccc(-c5ccc(N(c6ccc(-c7cccc(-c8ccccc8)c7)cc6)c6ccc(-c7cccc8ccccc78)cc6)cc5)c4)cc23)=CC=1c1ccc(-c2ccc(N(c3ccc(-c4cccc(-c5ccccc5)c4)cc3)c3ccc(-c4cccc5ccccc45)cc3)cc2)c2oc3ccccc3c12. The lowest BCUT2D eigenvalue weighted by Crippen LogP contribution is -2.20. The highest BCUT2D eigenvalue weighted by Crippen LogP contribution is 2.45. The molecule has 0 unspecified atom stereocenters. The maximum Gasteiger partial charge on any atom is 0.145 e. The number of benzene rings is 18. The average molecular weight is 1450 g/mol. The third-order valence-corrected chi connectivity index (χ3v) is 22.5. The number of hydrogen-bond donors (Lipinski definition) is 0. The first-order valence-corrected chi connectivity index (χ1v) is 38.8. The van der Waals surface area contributed by atoms with Crippen molar-refractivity contribution in [2.45, 2.75) is 0 Å². The van der Waals surface area contributed by atoms with Crippen molar-refractivity contribution in [3.8, 4) is 100 Å². The van der Waals surface area contributed by atoms with E-state index in [1.807, 2.05) is 6.07 Å². The summed E-state index contributed by atoms with van der Waals surface area (Å²) in [5.74, 6) is 0. The lowest BCUT2D eigenvalue weighted by atomic mass is 9.94. The van der Waals surface area contributed by atoms with E-state index < -0.39 is 0 Å². The van der Waals surface area contributed by atoms with Gasteiger partial charge in [-0.3, -0.25) is 0 Å². The van der Waals surface area contributed by atoms with Gasteiger partial charge in [0, 0.05) is 67.0 Å². The van der Waals surface area contributed by atoms with Crippen LogP contribution >= 0.6 is 0 Å². The molecule has 18 aromatic carbocycles. The Balaban J connectivity index is 0.585. The highest BCUT2D eigenvalue weighted by molar-refractivity contribution is 6.17. The monoisotopic (exact) mass is 1450 g/mol. The van der Waals surface area contributed by atoms with E-state index in [0.717, 1.165) is 133 Å². The van der Waals surface area contributed by atoms with Gasteiger partial charge in [-0.2, -0.15) is 0 Å². The van der Waals surface area contributed by atoms with Gasteiger partial charge in [0.1, 0.15) is 22.2 Å². The van der Waals surface area contributed by atoms with Crippen LogP contribution in [0.25, 0.3) is 172 Å². The highest BCUT2D eigenvalue weighted by Gasteiger charge is 2.23. The first-order valence-electron chi connectivity index (χ1n) is 38.8. The summed E-state index contributed by atoms with van der Waals surface area (Å²) >= 11 is 0. The molecule has 0 atom stereocenters. The third kappa shape index (κ3) is 12.5. The molecule has 0 fully saturated rings. The van der Waals surface area contributed by atoms with Crippen LogP contribution in [0.1, 0.15) is 5.56 Å². The summed E-state index contributed by atoms with van der Waals surface area (Å²) in [6, 6.07) is 151. The van der Waals surface area contributed by atoms with Gasteiger partial charge in [0.05, 0.1) is 5.22 Å². The van der Waals surface area contributed by atoms with Crippen LogP contribution in [0.15, 0.2) is 433 Å². The molecule has 4 heteroatoms. The van der Waals surface area contributed by atoms with Crippen LogP contribution in [0.5, 0.6) is 0 Å². The third-order valence-electron chi connectivity index (χ3n) is 22.5. The molecule has 1 aliphatic carbocycles. The number of hydrogen-bond acceptors (Lipinski definition) is 4. The van der Waals surface area contributed by atoms with Gasteiger partial charge in [0.2, 0.25) is 0 Å². The molecule has 0 spiro atoms. The summed E-state index contributed by atoms with van der Waals surface area (Å²) in [5, 5.41) is 8.83. The summed E-state index contributed by atoms with van der Waals surface area (Å²) in [5.41, 5.74) is 39.2. The number of anilines is 6. The molecule has 0 saturated heterocycles. The first-order chi connectivity index (χ1) is 56.5. The molecule has 532 valence electrons. The topological polar surface area (TPSA) is 32.8 Å². The van der Waals surface area contributed by atoms with Gasteiger partial charge in [-0.05, 0) is 237 Å². The minimum Gasteiger partial charge on any atom is -0.455 e. The summed E-state index contributed by atoms with van der Waals surface area (Å²) < 4.78 is 13.7. The van der Waals surface area contributed by atoms with Crippen LogP contribution in [0.2, 0.25) is 0 Å². The molecule has 20 aromatic rings. The van der Waals surface area contributed by atoms with Gasteiger partial charge >= 0.3 is 0 Å². The summed E-state index contributed by atoms with van der Waals surface area (Å²) in [7, 11) is 0. The number of furan rings is 2. The van der Waals surface area contributed by atoms with E-state index in [9.17, 15) is 0 Å². The van der Waals surface area contributed by atoms with Crippen molar-refractivity contribution < 1.29 is 8.83 Å². The maximum absolute atomic E-state index is 6.94. The van der Waals surface area contributed by atoms with Crippen molar-refractivity contribution in [1.82, 2.24) is 0 Å². The fourth-order valence-corrected chi connectivity index (χ4v) is 16.8. The summed E-state index contributed by atoms with van der Waals surface area (Å²) in [4.78, 5) is 4.70. The predicted molar refractivity (Wildman–Crippen MR) is 477 cm³/mol. The fraction of sp³-hybridized carbons (Fsp3) is 0. The second-order valence-corrected chi connectivity index (χ2v) is 29.3. The van der Waals surface area contributed by atoms with E-state index in [4.69, 9.17) is 8.83 Å². The average Bonchev–Trinajstić information content (AvgIpc) is 1.55. The zero-order valence-electron chi connectivity index (χ0n) is 62.1. The van der Waals surface area contributed by atoms with Crippen LogP contribution in [0.4, 0.5) is 34.1 Å². The standard InChI is InChI=1S/C110H70N2O2/c1-3-18-73(19-4-1)83-26-13-28-85(68-83)75-38-52-91(53-39-75)111(94-58-44-80(45-59-94)99-35-16-24-78-22-7-9-32-97(78)99)92-56-42-77(43-57-92)87-30-15-31-88(70-87)89-51-67-107-105(71-89)103-64-50-90(72-108(103)113-107)101-65-66-102(110-109(101)104-34-11-12-37-106(104)114-110)82-48-62-96(63-49-82)112(95-60-46-81(47-61-95)100-36-17-25-79-23-8-10-33-98(79)100)93-54-40-76(41-55-93)86-29-14-27-84(69-86)74-20-5-2-6-21-74/h1-49,51-63,65-72H. The molecule has 0 saturated carbocycles. The summed E-state index contributed by atoms with van der Waals surface area (Å²) in [6.07, 6.45) is 2.11. The van der Waals surface area contributed by atoms with Crippen molar-refractivity contribution >= 4 is 106 Å². The Bertz CT molecular complexity index is 7300. The second-order valence-electron chi connectivity index (χ2n) is 29.3. The van der Waals surface area contributed by atoms with Gasteiger partial charge in [0.15, 0.2) is 0 Å². The Hall–Kier alpha value is -15.3. The van der Waals surface area contributed by atoms with Crippen molar-refractivity contribution in [3.05, 3.63) is 441 Å². The predicted octanol–water partition coefficient (Wildman–Crippen LogP) is 29.0. The Morgan fingerprint density at radius 3 is 0.982 bits per heavy atom. The van der Waals surface area contributed by atoms with E-state index in [-0.39, 0.29) is 0 Å². The molecule has 0 N–H and O–H groups in total. The van der Waals surface area contributed by atoms with Gasteiger partial charge in [-0.25, -0.2) is 0 Å². The van der Waals surface area contributed by atoms with Crippen molar-refractivity contribution in [1.29, 1.82) is 0 Å². The van der Waals surface area contributed by atoms with Crippen molar-refractivity contribution in [2.24, 2.45) is 0 Å². The quantitative estimate of drug-likeness (QED) is 0.0903. The minimum absolute atomic E-state index is 0.740. The molecule has 0 aliphatic heterocycles. The molecule has 21 rings (SSSR count). The smallest absolute Gasteiger partial charge is 0.145 e. The van der Waals surface area contributed by atoms with E-state index in [2.05, 4.69) is 440 Å². The van der Waals surface area contributed by atoms with E-state index in [1.54, 1.807) is 0 Å². The van der Waals surface area contributed by atoms with Gasteiger partial charge in [0.25, 0.3) is 0 Å². The van der Waals surface area contributed by atoms with E-state index >= 15 is 0 Å². The zero-order valence-corrected chi connectivity index (χ0v) is 62.1. The number of nitrogens with zero attached hydrogens (tertiary/aromatic N) is 2. The lowest BCUT2D eigenvalue weighted by molar-refractivity contribution is 0.576. The molecule has 4 nitrogen and oxygen atoms in total. The minimum atomic E-state index is 0.740. The Morgan fingerprint density at radius 2 is 0.526 bits per heavy atom. The largest absolute Gasteiger partial charge is 0.455 e. The molecule has 2 heterocycles. The highest BCUT2D eigenvalue weighted by atomic mass is 16.3. The summed E-state index contributed by atoms with van der Waals surface area (Å²) in [6.45, 7) is 0. The number of rotatable bonds is 16. The molecule has 0 amide bonds. The molecule has 1 aliphatic rings. The van der Waals surface area contributed by atoms with Crippen molar-refractivity contribution in [2.75, 3.05) is 9.80 Å². The van der Waals surface area contributed by atoms with E-state index in [0.29, 0.717) is 0 Å². The van der Waals surface area contributed by atoms with Crippen LogP contribution < -0.4 is 20.4 Å². The van der Waals surface area contributed by atoms with Crippen molar-refractivity contribution in [3.63, 3.8) is 0 Å². The van der Waals surface area contributed by atoms with Crippen LogP contribution in [-0.4, -0.2) is 0 Å². The number of allylic oxidation sites excluding steroid dienone is 1. The maximum atomic E-state index is 6.94. The fourth-order valence-electron chi connectivity index (χ4n) is 16.8. The molecular weight excluding hydrogens is 1380 g/mol. The van der Waals surface area contributed by atoms with Gasteiger partial charge in [-0.15, -0.1) is 0 Å². The zero-order chi connectivity index (χ0) is 75.4. The lowest BCUT2D eigenvalue weighted by Gasteiger charge is -2.26. The van der Waals surface area contributed by atoms with Crippen LogP contribution in [0.3, 0.4) is 0 Å². The molecule has 0 bridgehead atoms. The Kier molecular flexibility index (Phi) is 16.8. The van der Waals surface area contributed by atoms with Gasteiger partial charge < -0.3 is 18.6 Å². The normalized spacial score (nSPS) is 11.7. The molecule has 2 aromatic heterocycles. The number of fused-ring (bicyclic) bond motifs is 8. The first kappa shape index (κ1) is 66.9. The number of para-hydroxylation sites is 1. The molecule has 114 heavy (non-hydrogen) atoms. The molecular formula is C110H70N2O2. The molecule has 0 radical (unpaired) electrons. The Labute approximate surface area is 660 Å². The van der Waals surface area contributed by atoms with Crippen LogP contribution in [-0.2, 0) is 0 Å². The Morgan fingerprint density at radius 1 is 0.202 bits per heavy atom. The van der Waals surface area contributed by atoms with Crippen LogP contribution in [0, 0.1) is 0 Å². The van der Waals surface area contributed by atoms with Gasteiger partial charge in [-0.1, -0.05) is 315 Å². The second kappa shape index (κ2) is 28.6. The van der Waals surface area contributed by atoms with E-state index in [1.165, 1.54) is 77.2 Å².